The summed E-state index contributed by atoms with van der Waals surface area (Å²) in [5.74, 6) is -0.166. The van der Waals surface area contributed by atoms with Gasteiger partial charge >= 0.3 is 5.97 Å². The average Bonchev–Trinajstić information content (AvgIpc) is 2.66. The number of benzene rings is 2. The summed E-state index contributed by atoms with van der Waals surface area (Å²) in [5, 5.41) is 0.598. The average molecular weight is 335 g/mol. The van der Waals surface area contributed by atoms with Crippen molar-refractivity contribution in [2.24, 2.45) is 0 Å². The normalized spacial score (nSPS) is 10.5. The molecule has 3 aromatic rings. The van der Waals surface area contributed by atoms with E-state index in [1.165, 1.54) is 6.20 Å². The third kappa shape index (κ3) is 3.21. The second-order valence-electron chi connectivity index (χ2n) is 5.34. The standard InChI is InChI=1S/C20H17NO4/c1-3-25-20(23)18-15-6-4-5-7-17(15)21-12-16(18)19(22)13-8-10-14(24-2)11-9-13/h4-12H,3H2,1-2H3. The van der Waals surface area contributed by atoms with Crippen LogP contribution in [0.2, 0.25) is 0 Å². The molecule has 3 rings (SSSR count). The van der Waals surface area contributed by atoms with Crippen molar-refractivity contribution in [3.05, 3.63) is 71.4 Å². The topological polar surface area (TPSA) is 65.5 Å². The predicted molar refractivity (Wildman–Crippen MR) is 94.1 cm³/mol. The number of para-hydroxylation sites is 1. The van der Waals surface area contributed by atoms with Crippen molar-refractivity contribution < 1.29 is 19.1 Å². The van der Waals surface area contributed by atoms with Gasteiger partial charge in [0.25, 0.3) is 0 Å². The van der Waals surface area contributed by atoms with E-state index >= 15 is 0 Å². The number of nitrogens with zero attached hydrogens (tertiary/aromatic N) is 1. The van der Waals surface area contributed by atoms with Crippen LogP contribution in [0.1, 0.15) is 33.2 Å². The van der Waals surface area contributed by atoms with Gasteiger partial charge in [-0.15, -0.1) is 0 Å². The Morgan fingerprint density at radius 1 is 1.04 bits per heavy atom. The minimum atomic E-state index is -0.530. The number of aromatic nitrogens is 1. The van der Waals surface area contributed by atoms with Gasteiger partial charge in [-0.05, 0) is 37.3 Å². The molecule has 0 saturated heterocycles. The Morgan fingerprint density at radius 3 is 2.44 bits per heavy atom. The molecule has 126 valence electrons. The summed E-state index contributed by atoms with van der Waals surface area (Å²) in [7, 11) is 1.56. The highest BCUT2D eigenvalue weighted by Crippen LogP contribution is 2.24. The zero-order valence-corrected chi connectivity index (χ0v) is 14.0. The number of hydrogen-bond donors (Lipinski definition) is 0. The van der Waals surface area contributed by atoms with Crippen molar-refractivity contribution in [3.8, 4) is 5.75 Å². The zero-order valence-electron chi connectivity index (χ0n) is 14.0. The van der Waals surface area contributed by atoms with Gasteiger partial charge < -0.3 is 9.47 Å². The third-order valence-corrected chi connectivity index (χ3v) is 3.85. The third-order valence-electron chi connectivity index (χ3n) is 3.85. The van der Waals surface area contributed by atoms with Crippen LogP contribution in [0.4, 0.5) is 0 Å². The maximum Gasteiger partial charge on any atom is 0.339 e. The maximum atomic E-state index is 12.9. The van der Waals surface area contributed by atoms with Crippen molar-refractivity contribution in [1.82, 2.24) is 4.98 Å². The van der Waals surface area contributed by atoms with Gasteiger partial charge in [-0.1, -0.05) is 18.2 Å². The summed E-state index contributed by atoms with van der Waals surface area (Å²) in [6, 6.07) is 13.9. The number of hydrogen-bond acceptors (Lipinski definition) is 5. The molecule has 0 bridgehead atoms. The fourth-order valence-electron chi connectivity index (χ4n) is 2.63. The highest BCUT2D eigenvalue weighted by atomic mass is 16.5. The van der Waals surface area contributed by atoms with E-state index < -0.39 is 5.97 Å². The molecular weight excluding hydrogens is 318 g/mol. The Hall–Kier alpha value is -3.21. The lowest BCUT2D eigenvalue weighted by Crippen LogP contribution is -2.14. The molecule has 1 aromatic heterocycles. The Labute approximate surface area is 145 Å². The number of carbonyl (C=O) groups excluding carboxylic acids is 2. The second-order valence-corrected chi connectivity index (χ2v) is 5.34. The number of esters is 1. The van der Waals surface area contributed by atoms with Crippen molar-refractivity contribution in [2.45, 2.75) is 6.92 Å². The molecule has 0 N–H and O–H groups in total. The molecule has 2 aromatic carbocycles. The lowest BCUT2D eigenvalue weighted by molar-refractivity contribution is 0.0526. The summed E-state index contributed by atoms with van der Waals surface area (Å²) in [6.07, 6.45) is 1.43. The van der Waals surface area contributed by atoms with E-state index in [4.69, 9.17) is 9.47 Å². The molecule has 5 heteroatoms. The quantitative estimate of drug-likeness (QED) is 0.526. The smallest absolute Gasteiger partial charge is 0.339 e. The number of fused-ring (bicyclic) bond motifs is 1. The van der Waals surface area contributed by atoms with Crippen LogP contribution in [0, 0.1) is 0 Å². The molecule has 0 spiro atoms. The summed E-state index contributed by atoms with van der Waals surface area (Å²) in [4.78, 5) is 29.7. The Bertz CT molecular complexity index is 932. The monoisotopic (exact) mass is 335 g/mol. The van der Waals surface area contributed by atoms with Gasteiger partial charge in [0, 0.05) is 17.1 Å². The van der Waals surface area contributed by atoms with Gasteiger partial charge in [-0.3, -0.25) is 9.78 Å². The van der Waals surface area contributed by atoms with E-state index in [2.05, 4.69) is 4.98 Å². The number of ketones is 1. The molecular formula is C20H17NO4. The molecule has 5 nitrogen and oxygen atoms in total. The Balaban J connectivity index is 2.15. The molecule has 0 unspecified atom stereocenters. The van der Waals surface area contributed by atoms with Gasteiger partial charge in [0.1, 0.15) is 5.75 Å². The number of rotatable bonds is 5. The van der Waals surface area contributed by atoms with Gasteiger partial charge in [-0.25, -0.2) is 4.79 Å². The van der Waals surface area contributed by atoms with Crippen molar-refractivity contribution in [3.63, 3.8) is 0 Å². The Morgan fingerprint density at radius 2 is 1.76 bits per heavy atom. The first-order valence-corrected chi connectivity index (χ1v) is 7.89. The number of pyridine rings is 1. The fourth-order valence-corrected chi connectivity index (χ4v) is 2.63. The fraction of sp³-hybridized carbons (Fsp3) is 0.150. The largest absolute Gasteiger partial charge is 0.497 e. The molecule has 0 fully saturated rings. The van der Waals surface area contributed by atoms with Gasteiger partial charge in [0.2, 0.25) is 0 Å². The van der Waals surface area contributed by atoms with Gasteiger partial charge in [0.15, 0.2) is 5.78 Å². The highest BCUT2D eigenvalue weighted by Gasteiger charge is 2.23. The van der Waals surface area contributed by atoms with E-state index in [0.717, 1.165) is 0 Å². The first-order chi connectivity index (χ1) is 12.2. The molecule has 0 aliphatic heterocycles. The first kappa shape index (κ1) is 16.6. The second kappa shape index (κ2) is 7.13. The molecule has 0 aliphatic rings. The minimum Gasteiger partial charge on any atom is -0.497 e. The predicted octanol–water partition coefficient (Wildman–Crippen LogP) is 3.65. The SMILES string of the molecule is CCOC(=O)c1c(C(=O)c2ccc(OC)cc2)cnc2ccccc12. The van der Waals surface area contributed by atoms with Gasteiger partial charge in [0.05, 0.1) is 30.4 Å². The molecule has 0 radical (unpaired) electrons. The van der Waals surface area contributed by atoms with Gasteiger partial charge in [-0.2, -0.15) is 0 Å². The molecule has 0 amide bonds. The van der Waals surface area contributed by atoms with E-state index in [1.54, 1.807) is 56.5 Å². The highest BCUT2D eigenvalue weighted by molar-refractivity contribution is 6.18. The zero-order chi connectivity index (χ0) is 17.8. The number of ether oxygens (including phenoxy) is 2. The van der Waals surface area contributed by atoms with Crippen LogP contribution in [0.3, 0.4) is 0 Å². The summed E-state index contributed by atoms with van der Waals surface area (Å²) in [6.45, 7) is 1.96. The van der Waals surface area contributed by atoms with E-state index in [0.29, 0.717) is 22.2 Å². The lowest BCUT2D eigenvalue weighted by Gasteiger charge is -2.11. The van der Waals surface area contributed by atoms with Crippen LogP contribution in [0.5, 0.6) is 5.75 Å². The van der Waals surface area contributed by atoms with Crippen molar-refractivity contribution >= 4 is 22.7 Å². The van der Waals surface area contributed by atoms with E-state index in [1.807, 2.05) is 6.07 Å². The minimum absolute atomic E-state index is 0.224. The van der Waals surface area contributed by atoms with Crippen molar-refractivity contribution in [2.75, 3.05) is 13.7 Å². The van der Waals surface area contributed by atoms with Crippen LogP contribution in [0.15, 0.2) is 54.7 Å². The van der Waals surface area contributed by atoms with Crippen LogP contribution >= 0.6 is 0 Å². The lowest BCUT2D eigenvalue weighted by atomic mass is 9.97. The maximum absolute atomic E-state index is 12.9. The van der Waals surface area contributed by atoms with E-state index in [-0.39, 0.29) is 23.5 Å². The van der Waals surface area contributed by atoms with Crippen LogP contribution in [-0.4, -0.2) is 30.5 Å². The van der Waals surface area contributed by atoms with Crippen molar-refractivity contribution in [1.29, 1.82) is 0 Å². The van der Waals surface area contributed by atoms with Crippen LogP contribution in [0.25, 0.3) is 10.9 Å². The Kier molecular flexibility index (Phi) is 4.75. The summed E-state index contributed by atoms with van der Waals surface area (Å²) in [5.41, 5.74) is 1.55. The van der Waals surface area contributed by atoms with Crippen LogP contribution < -0.4 is 4.74 Å². The summed E-state index contributed by atoms with van der Waals surface area (Å²) >= 11 is 0. The van der Waals surface area contributed by atoms with E-state index in [9.17, 15) is 9.59 Å². The molecule has 0 atom stereocenters. The molecule has 1 heterocycles. The number of methoxy groups -OCH3 is 1. The molecule has 0 aliphatic carbocycles. The number of carbonyl (C=O) groups is 2. The van der Waals surface area contributed by atoms with Crippen LogP contribution in [-0.2, 0) is 4.74 Å². The first-order valence-electron chi connectivity index (χ1n) is 7.89. The summed E-state index contributed by atoms with van der Waals surface area (Å²) < 4.78 is 10.3. The molecule has 25 heavy (non-hydrogen) atoms. The molecule has 0 saturated carbocycles.